The molecule has 2 rings (SSSR count). The van der Waals surface area contributed by atoms with Crippen LogP contribution >= 0.6 is 0 Å². The molecule has 19 heavy (non-hydrogen) atoms. The Hall–Kier alpha value is -1.30. The SMILES string of the molecule is CN(CCNCC#Cc1ccccc1)C1CCCC1. The maximum Gasteiger partial charge on any atom is 0.0580 e. The molecule has 1 aliphatic rings. The summed E-state index contributed by atoms with van der Waals surface area (Å²) in [5.41, 5.74) is 1.09. The molecule has 2 nitrogen and oxygen atoms in total. The lowest BCUT2D eigenvalue weighted by atomic mass is 10.2. The van der Waals surface area contributed by atoms with E-state index in [1.807, 2.05) is 30.3 Å². The number of rotatable bonds is 5. The first-order valence-electron chi connectivity index (χ1n) is 7.31. The van der Waals surface area contributed by atoms with Gasteiger partial charge in [-0.1, -0.05) is 42.9 Å². The summed E-state index contributed by atoms with van der Waals surface area (Å²) in [5.74, 6) is 6.33. The van der Waals surface area contributed by atoms with Gasteiger partial charge in [-0.2, -0.15) is 0 Å². The molecule has 0 heterocycles. The first kappa shape index (κ1) is 14.1. The zero-order chi connectivity index (χ0) is 13.3. The fourth-order valence-electron chi connectivity index (χ4n) is 2.60. The van der Waals surface area contributed by atoms with Crippen molar-refractivity contribution in [1.29, 1.82) is 0 Å². The van der Waals surface area contributed by atoms with E-state index in [0.29, 0.717) is 0 Å². The van der Waals surface area contributed by atoms with Crippen LogP contribution in [0.15, 0.2) is 30.3 Å². The van der Waals surface area contributed by atoms with Crippen LogP contribution in [0.1, 0.15) is 31.2 Å². The van der Waals surface area contributed by atoms with Crippen LogP contribution in [0.3, 0.4) is 0 Å². The van der Waals surface area contributed by atoms with Gasteiger partial charge in [0.25, 0.3) is 0 Å². The highest BCUT2D eigenvalue weighted by molar-refractivity contribution is 5.33. The quantitative estimate of drug-likeness (QED) is 0.643. The maximum absolute atomic E-state index is 3.39. The van der Waals surface area contributed by atoms with Gasteiger partial charge in [-0.25, -0.2) is 0 Å². The van der Waals surface area contributed by atoms with E-state index in [-0.39, 0.29) is 0 Å². The van der Waals surface area contributed by atoms with Crippen molar-refractivity contribution in [2.75, 3.05) is 26.7 Å². The number of hydrogen-bond donors (Lipinski definition) is 1. The topological polar surface area (TPSA) is 15.3 Å². The van der Waals surface area contributed by atoms with Gasteiger partial charge < -0.3 is 10.2 Å². The summed E-state index contributed by atoms with van der Waals surface area (Å²) in [4.78, 5) is 2.49. The monoisotopic (exact) mass is 256 g/mol. The Balaban J connectivity index is 1.58. The second-order valence-electron chi connectivity index (χ2n) is 5.26. The maximum atomic E-state index is 3.39. The van der Waals surface area contributed by atoms with E-state index in [0.717, 1.165) is 31.2 Å². The Labute approximate surface area is 117 Å². The molecule has 1 saturated carbocycles. The van der Waals surface area contributed by atoms with E-state index >= 15 is 0 Å². The molecule has 0 saturated heterocycles. The lowest BCUT2D eigenvalue weighted by Gasteiger charge is -2.23. The molecular formula is C17H24N2. The van der Waals surface area contributed by atoms with Gasteiger partial charge in [-0.15, -0.1) is 0 Å². The Bertz CT molecular complexity index is 410. The molecule has 102 valence electrons. The lowest BCUT2D eigenvalue weighted by molar-refractivity contribution is 0.247. The van der Waals surface area contributed by atoms with E-state index in [1.54, 1.807) is 0 Å². The third-order valence-corrected chi connectivity index (χ3v) is 3.81. The molecule has 1 aliphatic carbocycles. The minimum Gasteiger partial charge on any atom is -0.305 e. The van der Waals surface area contributed by atoms with Gasteiger partial charge >= 0.3 is 0 Å². The average Bonchev–Trinajstić information content (AvgIpc) is 2.98. The van der Waals surface area contributed by atoms with Crippen molar-refractivity contribution in [2.45, 2.75) is 31.7 Å². The molecular weight excluding hydrogens is 232 g/mol. The molecule has 0 spiro atoms. The molecule has 1 aromatic carbocycles. The van der Waals surface area contributed by atoms with E-state index in [2.05, 4.69) is 29.1 Å². The molecule has 0 radical (unpaired) electrons. The average molecular weight is 256 g/mol. The van der Waals surface area contributed by atoms with Crippen molar-refractivity contribution < 1.29 is 0 Å². The zero-order valence-corrected chi connectivity index (χ0v) is 11.9. The van der Waals surface area contributed by atoms with Crippen LogP contribution in [0, 0.1) is 11.8 Å². The van der Waals surface area contributed by atoms with Gasteiger partial charge in [0.2, 0.25) is 0 Å². The van der Waals surface area contributed by atoms with E-state index in [1.165, 1.54) is 25.7 Å². The van der Waals surface area contributed by atoms with E-state index in [4.69, 9.17) is 0 Å². The minimum atomic E-state index is 0.771. The van der Waals surface area contributed by atoms with Gasteiger partial charge in [0, 0.05) is 24.7 Å². The first-order valence-corrected chi connectivity index (χ1v) is 7.31. The van der Waals surface area contributed by atoms with Crippen LogP contribution < -0.4 is 5.32 Å². The smallest absolute Gasteiger partial charge is 0.0580 e. The van der Waals surface area contributed by atoms with Crippen molar-refractivity contribution in [3.8, 4) is 11.8 Å². The van der Waals surface area contributed by atoms with Crippen molar-refractivity contribution in [2.24, 2.45) is 0 Å². The van der Waals surface area contributed by atoms with Crippen molar-refractivity contribution in [1.82, 2.24) is 10.2 Å². The summed E-state index contributed by atoms with van der Waals surface area (Å²) >= 11 is 0. The molecule has 0 bridgehead atoms. The van der Waals surface area contributed by atoms with Crippen molar-refractivity contribution in [3.63, 3.8) is 0 Å². The summed E-state index contributed by atoms with van der Waals surface area (Å²) in [5, 5.41) is 3.39. The molecule has 2 heteroatoms. The largest absolute Gasteiger partial charge is 0.305 e. The third kappa shape index (κ3) is 5.06. The van der Waals surface area contributed by atoms with Crippen LogP contribution in [0.2, 0.25) is 0 Å². The third-order valence-electron chi connectivity index (χ3n) is 3.81. The lowest BCUT2D eigenvalue weighted by Crippen LogP contribution is -2.35. The number of nitrogens with one attached hydrogen (secondary N) is 1. The highest BCUT2D eigenvalue weighted by atomic mass is 15.1. The minimum absolute atomic E-state index is 0.771. The zero-order valence-electron chi connectivity index (χ0n) is 11.9. The molecule has 0 aromatic heterocycles. The van der Waals surface area contributed by atoms with Crippen molar-refractivity contribution >= 4 is 0 Å². The molecule has 0 atom stereocenters. The number of likely N-dealkylation sites (N-methyl/N-ethyl adjacent to an activating group) is 1. The van der Waals surface area contributed by atoms with Crippen LogP contribution in [0.25, 0.3) is 0 Å². The normalized spacial score (nSPS) is 15.5. The fraction of sp³-hybridized carbons (Fsp3) is 0.529. The number of benzene rings is 1. The molecule has 1 N–H and O–H groups in total. The Kier molecular flexibility index (Phi) is 5.94. The highest BCUT2D eigenvalue weighted by Crippen LogP contribution is 2.21. The highest BCUT2D eigenvalue weighted by Gasteiger charge is 2.18. The van der Waals surface area contributed by atoms with Crippen LogP contribution in [0.5, 0.6) is 0 Å². The van der Waals surface area contributed by atoms with Gasteiger partial charge in [0.1, 0.15) is 0 Å². The molecule has 1 fully saturated rings. The molecule has 0 amide bonds. The van der Waals surface area contributed by atoms with Gasteiger partial charge in [0.05, 0.1) is 6.54 Å². The second-order valence-corrected chi connectivity index (χ2v) is 5.26. The molecule has 1 aromatic rings. The summed E-state index contributed by atoms with van der Waals surface area (Å²) < 4.78 is 0. The van der Waals surface area contributed by atoms with E-state index < -0.39 is 0 Å². The summed E-state index contributed by atoms with van der Waals surface area (Å²) in [7, 11) is 2.24. The van der Waals surface area contributed by atoms with Gasteiger partial charge in [0.15, 0.2) is 0 Å². The summed E-state index contributed by atoms with van der Waals surface area (Å²) in [6.45, 7) is 2.92. The molecule has 0 unspecified atom stereocenters. The summed E-state index contributed by atoms with van der Waals surface area (Å²) in [6.07, 6.45) is 5.57. The number of nitrogens with zero attached hydrogens (tertiary/aromatic N) is 1. The van der Waals surface area contributed by atoms with Crippen LogP contribution in [-0.4, -0.2) is 37.6 Å². The van der Waals surface area contributed by atoms with Gasteiger partial charge in [-0.05, 0) is 32.0 Å². The fourth-order valence-corrected chi connectivity index (χ4v) is 2.60. The standard InChI is InChI=1S/C17H24N2/c1-19(17-11-5-6-12-17)15-14-18-13-7-10-16-8-3-2-4-9-16/h2-4,8-9,17-18H,5-6,11-15H2,1H3. The van der Waals surface area contributed by atoms with Crippen molar-refractivity contribution in [3.05, 3.63) is 35.9 Å². The predicted octanol–water partition coefficient (Wildman–Crippen LogP) is 2.50. The first-order chi connectivity index (χ1) is 9.36. The summed E-state index contributed by atoms with van der Waals surface area (Å²) in [6, 6.07) is 11.0. The Morgan fingerprint density at radius 2 is 1.95 bits per heavy atom. The van der Waals surface area contributed by atoms with Gasteiger partial charge in [-0.3, -0.25) is 0 Å². The Morgan fingerprint density at radius 1 is 1.21 bits per heavy atom. The molecule has 0 aliphatic heterocycles. The Morgan fingerprint density at radius 3 is 2.68 bits per heavy atom. The van der Waals surface area contributed by atoms with Crippen LogP contribution in [0.4, 0.5) is 0 Å². The van der Waals surface area contributed by atoms with E-state index in [9.17, 15) is 0 Å². The number of hydrogen-bond acceptors (Lipinski definition) is 2. The van der Waals surface area contributed by atoms with Crippen LogP contribution in [-0.2, 0) is 0 Å². The second kappa shape index (κ2) is 7.99. The predicted molar refractivity (Wildman–Crippen MR) is 81.1 cm³/mol.